The Morgan fingerprint density at radius 1 is 1.20 bits per heavy atom. The summed E-state index contributed by atoms with van der Waals surface area (Å²) in [5, 5.41) is 3.09. The summed E-state index contributed by atoms with van der Waals surface area (Å²) in [7, 11) is -1.42. The second kappa shape index (κ2) is 7.02. The van der Waals surface area contributed by atoms with Gasteiger partial charge in [-0.25, -0.2) is 8.42 Å². The molecular weight excluding hydrogens is 292 g/mol. The van der Waals surface area contributed by atoms with Crippen molar-refractivity contribution in [3.05, 3.63) is 16.5 Å². The molecule has 0 atom stereocenters. The van der Waals surface area contributed by atoms with Gasteiger partial charge in [-0.05, 0) is 38.4 Å². The van der Waals surface area contributed by atoms with Crippen molar-refractivity contribution in [2.75, 3.05) is 20.1 Å². The number of hydrogen-bond acceptors (Lipinski definition) is 4. The Labute approximate surface area is 126 Å². The van der Waals surface area contributed by atoms with E-state index in [1.54, 1.807) is 4.31 Å². The molecule has 0 amide bonds. The third-order valence-corrected chi connectivity index (χ3v) is 7.33. The van der Waals surface area contributed by atoms with E-state index >= 15 is 0 Å². The second-order valence-electron chi connectivity index (χ2n) is 5.37. The summed E-state index contributed by atoms with van der Waals surface area (Å²) in [6.45, 7) is 4.04. The third-order valence-electron chi connectivity index (χ3n) is 3.74. The molecule has 1 aliphatic heterocycles. The first-order valence-corrected chi connectivity index (χ1v) is 9.55. The predicted octanol–water partition coefficient (Wildman–Crippen LogP) is 2.73. The molecule has 2 rings (SSSR count). The monoisotopic (exact) mass is 316 g/mol. The van der Waals surface area contributed by atoms with Crippen LogP contribution in [0.25, 0.3) is 0 Å². The summed E-state index contributed by atoms with van der Waals surface area (Å²) in [5.74, 6) is 0. The van der Waals surface area contributed by atoms with Gasteiger partial charge in [-0.2, -0.15) is 4.31 Å². The van der Waals surface area contributed by atoms with Gasteiger partial charge >= 0.3 is 0 Å². The van der Waals surface area contributed by atoms with Gasteiger partial charge in [0.05, 0.1) is 0 Å². The molecule has 0 unspecified atom stereocenters. The molecule has 0 radical (unpaired) electrons. The Balaban J connectivity index is 2.21. The lowest BCUT2D eigenvalue weighted by atomic mass is 10.1. The fourth-order valence-electron chi connectivity index (χ4n) is 2.54. The van der Waals surface area contributed by atoms with E-state index < -0.39 is 10.0 Å². The molecule has 2 heterocycles. The van der Waals surface area contributed by atoms with Gasteiger partial charge in [-0.15, -0.1) is 11.3 Å². The van der Waals surface area contributed by atoms with Crippen LogP contribution in [-0.4, -0.2) is 32.9 Å². The van der Waals surface area contributed by atoms with Crippen LogP contribution < -0.4 is 5.32 Å². The minimum atomic E-state index is -3.30. The Kier molecular flexibility index (Phi) is 5.60. The summed E-state index contributed by atoms with van der Waals surface area (Å²) in [6, 6.07) is 1.82. The first-order valence-electron chi connectivity index (χ1n) is 7.30. The molecule has 0 aromatic carbocycles. The molecule has 6 heteroatoms. The zero-order chi connectivity index (χ0) is 14.6. The smallest absolute Gasteiger partial charge is 0.252 e. The Morgan fingerprint density at radius 3 is 2.40 bits per heavy atom. The highest BCUT2D eigenvalue weighted by atomic mass is 32.2. The van der Waals surface area contributed by atoms with Crippen LogP contribution in [0, 0.1) is 6.92 Å². The SMILES string of the molecule is CNCc1sc(S(=O)(=O)N2CCCCCCC2)cc1C. The van der Waals surface area contributed by atoms with Crippen LogP contribution in [0.1, 0.15) is 42.5 Å². The van der Waals surface area contributed by atoms with Crippen molar-refractivity contribution >= 4 is 21.4 Å². The average Bonchev–Trinajstić information content (AvgIpc) is 2.71. The molecule has 20 heavy (non-hydrogen) atoms. The van der Waals surface area contributed by atoms with Gasteiger partial charge in [0.15, 0.2) is 0 Å². The van der Waals surface area contributed by atoms with Gasteiger partial charge in [0, 0.05) is 24.5 Å². The molecule has 0 bridgehead atoms. The predicted molar refractivity (Wildman–Crippen MR) is 83.7 cm³/mol. The Hall–Kier alpha value is -0.430. The van der Waals surface area contributed by atoms with Crippen molar-refractivity contribution in [2.45, 2.75) is 49.8 Å². The lowest BCUT2D eigenvalue weighted by Gasteiger charge is -2.23. The molecule has 1 saturated heterocycles. The van der Waals surface area contributed by atoms with Crippen molar-refractivity contribution < 1.29 is 8.42 Å². The van der Waals surface area contributed by atoms with Gasteiger partial charge in [-0.1, -0.05) is 19.3 Å². The number of nitrogens with one attached hydrogen (secondary N) is 1. The normalized spacial score (nSPS) is 18.7. The fourth-order valence-corrected chi connectivity index (χ4v) is 5.81. The van der Waals surface area contributed by atoms with Crippen molar-refractivity contribution in [3.63, 3.8) is 0 Å². The van der Waals surface area contributed by atoms with E-state index in [1.807, 2.05) is 20.0 Å². The van der Waals surface area contributed by atoms with E-state index in [9.17, 15) is 8.42 Å². The van der Waals surface area contributed by atoms with Crippen molar-refractivity contribution in [1.29, 1.82) is 0 Å². The van der Waals surface area contributed by atoms with Gasteiger partial charge in [-0.3, -0.25) is 0 Å². The lowest BCUT2D eigenvalue weighted by molar-refractivity contribution is 0.365. The van der Waals surface area contributed by atoms with Crippen LogP contribution in [0.15, 0.2) is 10.3 Å². The van der Waals surface area contributed by atoms with Crippen LogP contribution in [-0.2, 0) is 16.6 Å². The number of thiophene rings is 1. The summed E-state index contributed by atoms with van der Waals surface area (Å²) in [4.78, 5) is 1.11. The summed E-state index contributed by atoms with van der Waals surface area (Å²) in [6.07, 6.45) is 5.47. The van der Waals surface area contributed by atoms with Gasteiger partial charge in [0.25, 0.3) is 10.0 Å². The molecule has 114 valence electrons. The highest BCUT2D eigenvalue weighted by Crippen LogP contribution is 2.29. The van der Waals surface area contributed by atoms with E-state index in [0.717, 1.165) is 42.7 Å². The third kappa shape index (κ3) is 3.61. The minimum absolute atomic E-state index is 0.501. The second-order valence-corrected chi connectivity index (χ2v) is 8.68. The Morgan fingerprint density at radius 2 is 1.80 bits per heavy atom. The quantitative estimate of drug-likeness (QED) is 0.929. The Bertz CT molecular complexity index is 529. The zero-order valence-corrected chi connectivity index (χ0v) is 13.9. The van der Waals surface area contributed by atoms with Gasteiger partial charge in [0.1, 0.15) is 4.21 Å². The first kappa shape index (κ1) is 15.9. The molecule has 1 aromatic heterocycles. The molecule has 0 saturated carbocycles. The topological polar surface area (TPSA) is 49.4 Å². The molecule has 4 nitrogen and oxygen atoms in total. The van der Waals surface area contributed by atoms with Crippen LogP contribution >= 0.6 is 11.3 Å². The molecule has 0 aliphatic carbocycles. The number of hydrogen-bond donors (Lipinski definition) is 1. The van der Waals surface area contributed by atoms with Gasteiger partial charge in [0.2, 0.25) is 0 Å². The number of sulfonamides is 1. The maximum Gasteiger partial charge on any atom is 0.252 e. The number of aryl methyl sites for hydroxylation is 1. The molecule has 1 N–H and O–H groups in total. The number of nitrogens with zero attached hydrogens (tertiary/aromatic N) is 1. The molecular formula is C14H24N2O2S2. The van der Waals surface area contributed by atoms with Gasteiger partial charge < -0.3 is 5.32 Å². The van der Waals surface area contributed by atoms with E-state index in [2.05, 4.69) is 5.32 Å². The molecule has 1 aliphatic rings. The summed E-state index contributed by atoms with van der Waals surface area (Å²) >= 11 is 1.40. The van der Waals surface area contributed by atoms with E-state index in [0.29, 0.717) is 17.3 Å². The maximum atomic E-state index is 12.7. The van der Waals surface area contributed by atoms with E-state index in [1.165, 1.54) is 17.8 Å². The molecule has 1 fully saturated rings. The van der Waals surface area contributed by atoms with Crippen molar-refractivity contribution in [2.24, 2.45) is 0 Å². The van der Waals surface area contributed by atoms with Crippen molar-refractivity contribution in [1.82, 2.24) is 9.62 Å². The largest absolute Gasteiger partial charge is 0.315 e. The standard InChI is InChI=1S/C14H24N2O2S2/c1-12-10-14(19-13(12)11-15-2)20(17,18)16-8-6-4-3-5-7-9-16/h10,15H,3-9,11H2,1-2H3. The highest BCUT2D eigenvalue weighted by molar-refractivity contribution is 7.91. The van der Waals surface area contributed by atoms with E-state index in [-0.39, 0.29) is 0 Å². The zero-order valence-electron chi connectivity index (χ0n) is 12.3. The lowest BCUT2D eigenvalue weighted by Crippen LogP contribution is -2.33. The molecule has 0 spiro atoms. The van der Waals surface area contributed by atoms with Crippen molar-refractivity contribution in [3.8, 4) is 0 Å². The average molecular weight is 316 g/mol. The first-order chi connectivity index (χ1) is 9.55. The van der Waals surface area contributed by atoms with Crippen LogP contribution in [0.4, 0.5) is 0 Å². The molecule has 1 aromatic rings. The summed E-state index contributed by atoms with van der Waals surface area (Å²) in [5.41, 5.74) is 1.06. The highest BCUT2D eigenvalue weighted by Gasteiger charge is 2.27. The van der Waals surface area contributed by atoms with E-state index in [4.69, 9.17) is 0 Å². The fraction of sp³-hybridized carbons (Fsp3) is 0.714. The number of rotatable bonds is 4. The maximum absolute atomic E-state index is 12.7. The minimum Gasteiger partial charge on any atom is -0.315 e. The summed E-state index contributed by atoms with van der Waals surface area (Å²) < 4.78 is 27.7. The van der Waals surface area contributed by atoms with Crippen LogP contribution in [0.3, 0.4) is 0 Å². The van der Waals surface area contributed by atoms with Crippen LogP contribution in [0.2, 0.25) is 0 Å². The van der Waals surface area contributed by atoms with Crippen LogP contribution in [0.5, 0.6) is 0 Å².